The van der Waals surface area contributed by atoms with Crippen LogP contribution in [0, 0.1) is 0 Å². The molecular formula is C75H47N7. The van der Waals surface area contributed by atoms with E-state index in [1.807, 2.05) is 18.2 Å². The van der Waals surface area contributed by atoms with Crippen molar-refractivity contribution in [3.8, 4) is 68.0 Å². The number of para-hydroxylation sites is 7. The highest BCUT2D eigenvalue weighted by Gasteiger charge is 2.23. The van der Waals surface area contributed by atoms with Gasteiger partial charge in [0.05, 0.1) is 49.8 Å². The molecule has 0 amide bonds. The van der Waals surface area contributed by atoms with Gasteiger partial charge in [-0.05, 0) is 109 Å². The normalized spacial score (nSPS) is 11.9. The quantitative estimate of drug-likeness (QED) is 0.152. The molecule has 5 heterocycles. The van der Waals surface area contributed by atoms with Gasteiger partial charge in [0.1, 0.15) is 0 Å². The van der Waals surface area contributed by atoms with Crippen LogP contribution in [-0.4, -0.2) is 33.2 Å². The van der Waals surface area contributed by atoms with Crippen LogP contribution >= 0.6 is 0 Å². The Labute approximate surface area is 471 Å². The lowest BCUT2D eigenvalue weighted by Gasteiger charge is -2.17. The molecule has 5 aromatic heterocycles. The maximum Gasteiger partial charge on any atom is 0.164 e. The predicted molar refractivity (Wildman–Crippen MR) is 339 cm³/mol. The fourth-order valence-electron chi connectivity index (χ4n) is 13.0. The van der Waals surface area contributed by atoms with E-state index in [-0.39, 0.29) is 0 Å². The first kappa shape index (κ1) is 45.8. The van der Waals surface area contributed by atoms with Crippen molar-refractivity contribution in [2.24, 2.45) is 0 Å². The minimum atomic E-state index is 0.584. The molecule has 0 aliphatic carbocycles. The van der Waals surface area contributed by atoms with Gasteiger partial charge in [-0.2, -0.15) is 0 Å². The molecule has 0 unspecified atom stereocenters. The summed E-state index contributed by atoms with van der Waals surface area (Å²) in [6.45, 7) is 0. The molecule has 7 heteroatoms. The molecule has 17 rings (SSSR count). The van der Waals surface area contributed by atoms with Crippen LogP contribution in [0.2, 0.25) is 0 Å². The van der Waals surface area contributed by atoms with Gasteiger partial charge >= 0.3 is 0 Å². The summed E-state index contributed by atoms with van der Waals surface area (Å²) in [5.41, 5.74) is 18.3. The Morgan fingerprint density at radius 1 is 0.195 bits per heavy atom. The zero-order valence-electron chi connectivity index (χ0n) is 44.3. The molecule has 12 aromatic carbocycles. The first-order valence-electron chi connectivity index (χ1n) is 27.8. The van der Waals surface area contributed by atoms with E-state index in [0.29, 0.717) is 17.5 Å². The molecule has 0 saturated carbocycles. The molecule has 0 spiro atoms. The lowest BCUT2D eigenvalue weighted by molar-refractivity contribution is 1.07. The van der Waals surface area contributed by atoms with Gasteiger partial charge in [-0.25, -0.2) is 15.0 Å². The number of fused-ring (bicyclic) bond motifs is 12. The molecule has 0 saturated heterocycles. The first-order chi connectivity index (χ1) is 40.7. The van der Waals surface area contributed by atoms with Gasteiger partial charge < -0.3 is 18.3 Å². The first-order valence-corrected chi connectivity index (χ1v) is 27.8. The van der Waals surface area contributed by atoms with Crippen molar-refractivity contribution >= 4 is 87.2 Å². The minimum absolute atomic E-state index is 0.584. The van der Waals surface area contributed by atoms with Gasteiger partial charge in [0.15, 0.2) is 17.5 Å². The van der Waals surface area contributed by atoms with Gasteiger partial charge in [-0.3, -0.25) is 0 Å². The van der Waals surface area contributed by atoms with Crippen molar-refractivity contribution in [1.29, 1.82) is 0 Å². The highest BCUT2D eigenvalue weighted by Crippen LogP contribution is 2.43. The molecule has 0 radical (unpaired) electrons. The third-order valence-electron chi connectivity index (χ3n) is 16.6. The number of aromatic nitrogens is 7. The molecule has 7 nitrogen and oxygen atoms in total. The van der Waals surface area contributed by atoms with E-state index in [1.165, 1.54) is 43.4 Å². The van der Waals surface area contributed by atoms with E-state index in [1.54, 1.807) is 0 Å². The monoisotopic (exact) mass is 1050 g/mol. The summed E-state index contributed by atoms with van der Waals surface area (Å²) >= 11 is 0. The fourth-order valence-corrected chi connectivity index (χ4v) is 13.0. The van der Waals surface area contributed by atoms with Gasteiger partial charge in [0.2, 0.25) is 0 Å². The zero-order chi connectivity index (χ0) is 53.8. The second kappa shape index (κ2) is 18.2. The van der Waals surface area contributed by atoms with Gasteiger partial charge in [0.25, 0.3) is 0 Å². The highest BCUT2D eigenvalue weighted by molar-refractivity contribution is 6.14. The minimum Gasteiger partial charge on any atom is -0.309 e. The SMILES string of the molecule is c1ccc(-c2nc(-c3cccc(-n4c5ccccc5c5ccccc54)c3)nc(-c3ccc(-n4c5ccccc5c5ccccc54)c(-c4ccc5c(c4)c4ccc(-n6c7ccccc7c7ccccc76)cc4n5-c4ccccc4)c3)n2)cc1. The predicted octanol–water partition coefficient (Wildman–Crippen LogP) is 18.9. The van der Waals surface area contributed by atoms with Crippen LogP contribution in [-0.2, 0) is 0 Å². The third-order valence-corrected chi connectivity index (χ3v) is 16.6. The fraction of sp³-hybridized carbons (Fsp3) is 0. The Kier molecular flexibility index (Phi) is 10.2. The molecule has 0 aliphatic heterocycles. The van der Waals surface area contributed by atoms with Crippen LogP contribution in [0.15, 0.2) is 285 Å². The Morgan fingerprint density at radius 3 is 1.11 bits per heavy atom. The Hall–Kier alpha value is -11.2. The summed E-state index contributed by atoms with van der Waals surface area (Å²) in [7, 11) is 0. The number of benzene rings is 12. The van der Waals surface area contributed by atoms with Crippen LogP contribution in [0.25, 0.3) is 155 Å². The molecule has 382 valence electrons. The maximum atomic E-state index is 5.42. The van der Waals surface area contributed by atoms with E-state index in [4.69, 9.17) is 15.0 Å². The molecule has 82 heavy (non-hydrogen) atoms. The summed E-state index contributed by atoms with van der Waals surface area (Å²) < 4.78 is 9.59. The highest BCUT2D eigenvalue weighted by atomic mass is 15.0. The lowest BCUT2D eigenvalue weighted by Crippen LogP contribution is -2.02. The Morgan fingerprint density at radius 2 is 0.573 bits per heavy atom. The van der Waals surface area contributed by atoms with Gasteiger partial charge in [0, 0.05) is 82.4 Å². The van der Waals surface area contributed by atoms with Crippen molar-refractivity contribution in [3.05, 3.63) is 285 Å². The molecule has 0 aliphatic rings. The molecule has 17 aromatic rings. The summed E-state index contributed by atoms with van der Waals surface area (Å²) in [5.74, 6) is 1.78. The van der Waals surface area contributed by atoms with E-state index in [2.05, 4.69) is 285 Å². The number of nitrogens with zero attached hydrogens (tertiary/aromatic N) is 7. The van der Waals surface area contributed by atoms with Crippen LogP contribution in [0.1, 0.15) is 0 Å². The van der Waals surface area contributed by atoms with Crippen molar-refractivity contribution in [2.75, 3.05) is 0 Å². The van der Waals surface area contributed by atoms with E-state index in [0.717, 1.165) is 94.4 Å². The zero-order valence-corrected chi connectivity index (χ0v) is 44.3. The molecule has 0 atom stereocenters. The van der Waals surface area contributed by atoms with Gasteiger partial charge in [-0.1, -0.05) is 182 Å². The van der Waals surface area contributed by atoms with Crippen LogP contribution in [0.5, 0.6) is 0 Å². The standard InChI is InChI=1S/C75H47N7/c1-3-20-48(21-4-1)73-76-74(50-22-19-25-53(44-50)80-64-32-13-7-26-55(64)56-27-8-14-33-65(56)80)78-75(77-73)51-39-43-70(82-68-36-17-11-30-59(68)60-31-12-18-37-69(60)82)62(46-51)49-38-42-71-63(45-49)61-41-40-54(47-72(61)79(71)52-23-5-2-6-24-52)81-66-34-15-9-28-57(66)58-29-10-16-35-67(58)81/h1-47H. The largest absolute Gasteiger partial charge is 0.309 e. The van der Waals surface area contributed by atoms with E-state index >= 15 is 0 Å². The summed E-state index contributed by atoms with van der Waals surface area (Å²) in [6, 6.07) is 102. The second-order valence-electron chi connectivity index (χ2n) is 21.2. The second-order valence-corrected chi connectivity index (χ2v) is 21.2. The third kappa shape index (κ3) is 7.06. The van der Waals surface area contributed by atoms with Crippen molar-refractivity contribution < 1.29 is 0 Å². The maximum absolute atomic E-state index is 5.42. The molecule has 0 bridgehead atoms. The van der Waals surface area contributed by atoms with Crippen molar-refractivity contribution in [1.82, 2.24) is 33.2 Å². The van der Waals surface area contributed by atoms with Gasteiger partial charge in [-0.15, -0.1) is 0 Å². The smallest absolute Gasteiger partial charge is 0.164 e. The average molecular weight is 1050 g/mol. The number of hydrogen-bond acceptors (Lipinski definition) is 3. The van der Waals surface area contributed by atoms with Crippen molar-refractivity contribution in [3.63, 3.8) is 0 Å². The molecule has 0 fully saturated rings. The number of rotatable bonds is 8. The Balaban J connectivity index is 0.892. The summed E-state index contributed by atoms with van der Waals surface area (Å²) in [4.78, 5) is 16.0. The van der Waals surface area contributed by atoms with Crippen LogP contribution in [0.3, 0.4) is 0 Å². The Bertz CT molecular complexity index is 5250. The van der Waals surface area contributed by atoms with E-state index in [9.17, 15) is 0 Å². The van der Waals surface area contributed by atoms with Crippen LogP contribution < -0.4 is 0 Å². The molecule has 0 N–H and O–H groups in total. The lowest BCUT2D eigenvalue weighted by atomic mass is 9.98. The summed E-state index contributed by atoms with van der Waals surface area (Å²) in [5, 5.41) is 9.62. The van der Waals surface area contributed by atoms with E-state index < -0.39 is 0 Å². The molecular weight excluding hydrogens is 999 g/mol. The topological polar surface area (TPSA) is 58.4 Å². The summed E-state index contributed by atoms with van der Waals surface area (Å²) in [6.07, 6.45) is 0. The van der Waals surface area contributed by atoms with Crippen LogP contribution in [0.4, 0.5) is 0 Å². The average Bonchev–Trinajstić information content (AvgIpc) is 3.38. The number of hydrogen-bond donors (Lipinski definition) is 0. The van der Waals surface area contributed by atoms with Crippen molar-refractivity contribution in [2.45, 2.75) is 0 Å².